The summed E-state index contributed by atoms with van der Waals surface area (Å²) in [5.41, 5.74) is 5.08. The number of hydrogen-bond donors (Lipinski definition) is 4. The predicted octanol–water partition coefficient (Wildman–Crippen LogP) is 0.210. The van der Waals surface area contributed by atoms with Gasteiger partial charge in [0.25, 0.3) is 0 Å². The van der Waals surface area contributed by atoms with E-state index in [0.717, 1.165) is 0 Å². The molecule has 0 saturated carbocycles. The molecular weight excluding hydrogens is 278 g/mol. The van der Waals surface area contributed by atoms with Crippen molar-refractivity contribution in [1.29, 1.82) is 0 Å². The van der Waals surface area contributed by atoms with Crippen LogP contribution < -0.4 is 16.4 Å². The van der Waals surface area contributed by atoms with Gasteiger partial charge in [-0.05, 0) is 40.0 Å². The van der Waals surface area contributed by atoms with Crippen LogP contribution in [0.5, 0.6) is 0 Å². The highest BCUT2D eigenvalue weighted by Gasteiger charge is 2.16. The molecule has 0 aromatic carbocycles. The number of nitrogens with two attached hydrogens (primary N) is 1. The van der Waals surface area contributed by atoms with Crippen LogP contribution in [-0.4, -0.2) is 47.8 Å². The molecular formula is C13H25N3O5. The van der Waals surface area contributed by atoms with E-state index in [2.05, 4.69) is 10.6 Å². The number of carboxylic acids is 1. The molecule has 0 rings (SSSR count). The van der Waals surface area contributed by atoms with Crippen LogP contribution in [0.3, 0.4) is 0 Å². The lowest BCUT2D eigenvalue weighted by Crippen LogP contribution is -2.42. The second kappa shape index (κ2) is 9.17. The second-order valence-corrected chi connectivity index (χ2v) is 5.64. The SMILES string of the molecule is CC(C)(C)OC(=O)NCCCC[C@H](N)C(=O)NCC(=O)O. The van der Waals surface area contributed by atoms with E-state index in [-0.39, 0.29) is 0 Å². The number of ether oxygens (including phenoxy) is 1. The zero-order valence-electron chi connectivity index (χ0n) is 12.8. The highest BCUT2D eigenvalue weighted by atomic mass is 16.6. The Balaban J connectivity index is 3.69. The molecule has 122 valence electrons. The van der Waals surface area contributed by atoms with E-state index in [1.165, 1.54) is 0 Å². The standard InChI is InChI=1S/C13H25N3O5/c1-13(2,3)21-12(20)15-7-5-4-6-9(14)11(19)16-8-10(17)18/h9H,4-8,14H2,1-3H3,(H,15,20)(H,16,19)(H,17,18)/t9-/m0/s1. The summed E-state index contributed by atoms with van der Waals surface area (Å²) in [4.78, 5) is 33.0. The summed E-state index contributed by atoms with van der Waals surface area (Å²) in [6.07, 6.45) is 1.23. The number of carbonyl (C=O) groups is 3. The molecule has 0 aliphatic carbocycles. The largest absolute Gasteiger partial charge is 0.480 e. The Labute approximate surface area is 124 Å². The highest BCUT2D eigenvalue weighted by Crippen LogP contribution is 2.06. The Bertz CT molecular complexity index is 365. The molecule has 0 radical (unpaired) electrons. The normalized spacial score (nSPS) is 12.4. The van der Waals surface area contributed by atoms with Crippen LogP contribution in [0.2, 0.25) is 0 Å². The zero-order valence-corrected chi connectivity index (χ0v) is 12.8. The van der Waals surface area contributed by atoms with E-state index < -0.39 is 36.2 Å². The molecule has 2 amide bonds. The number of nitrogens with one attached hydrogen (secondary N) is 2. The van der Waals surface area contributed by atoms with Crippen LogP contribution in [0, 0.1) is 0 Å². The molecule has 1 atom stereocenters. The van der Waals surface area contributed by atoms with Crippen molar-refractivity contribution in [1.82, 2.24) is 10.6 Å². The number of carboxylic acid groups (broad SMARTS) is 1. The van der Waals surface area contributed by atoms with E-state index in [4.69, 9.17) is 15.6 Å². The second-order valence-electron chi connectivity index (χ2n) is 5.64. The Morgan fingerprint density at radius 2 is 1.81 bits per heavy atom. The third-order valence-electron chi connectivity index (χ3n) is 2.36. The van der Waals surface area contributed by atoms with Crippen molar-refractivity contribution in [3.05, 3.63) is 0 Å². The molecule has 0 aromatic rings. The van der Waals surface area contributed by atoms with Gasteiger partial charge in [-0.2, -0.15) is 0 Å². The number of alkyl carbamates (subject to hydrolysis) is 1. The average molecular weight is 303 g/mol. The first-order chi connectivity index (χ1) is 9.61. The van der Waals surface area contributed by atoms with E-state index in [0.29, 0.717) is 25.8 Å². The van der Waals surface area contributed by atoms with Gasteiger partial charge < -0.3 is 26.2 Å². The molecule has 0 aliphatic rings. The quantitative estimate of drug-likeness (QED) is 0.474. The van der Waals surface area contributed by atoms with Gasteiger partial charge in [0.2, 0.25) is 5.91 Å². The Morgan fingerprint density at radius 3 is 2.33 bits per heavy atom. The number of aliphatic carboxylic acids is 1. The molecule has 5 N–H and O–H groups in total. The van der Waals surface area contributed by atoms with Crippen LogP contribution in [0.15, 0.2) is 0 Å². The molecule has 8 heteroatoms. The summed E-state index contributed by atoms with van der Waals surface area (Å²) in [7, 11) is 0. The Hall–Kier alpha value is -1.83. The Morgan fingerprint density at radius 1 is 1.19 bits per heavy atom. The lowest BCUT2D eigenvalue weighted by atomic mass is 10.1. The van der Waals surface area contributed by atoms with Gasteiger partial charge in [-0.1, -0.05) is 0 Å². The van der Waals surface area contributed by atoms with Crippen molar-refractivity contribution in [3.8, 4) is 0 Å². The minimum absolute atomic E-state index is 0.418. The molecule has 0 aliphatic heterocycles. The predicted molar refractivity (Wildman–Crippen MR) is 76.7 cm³/mol. The number of carbonyl (C=O) groups excluding carboxylic acids is 2. The van der Waals surface area contributed by atoms with Crippen molar-refractivity contribution in [2.45, 2.75) is 51.7 Å². The lowest BCUT2D eigenvalue weighted by molar-refractivity contribution is -0.138. The van der Waals surface area contributed by atoms with Crippen LogP contribution in [0.25, 0.3) is 0 Å². The molecule has 0 heterocycles. The van der Waals surface area contributed by atoms with Gasteiger partial charge in [0.05, 0.1) is 6.04 Å². The lowest BCUT2D eigenvalue weighted by Gasteiger charge is -2.19. The van der Waals surface area contributed by atoms with Crippen LogP contribution in [-0.2, 0) is 14.3 Å². The van der Waals surface area contributed by atoms with Crippen LogP contribution in [0.4, 0.5) is 4.79 Å². The molecule has 0 spiro atoms. The molecule has 0 bridgehead atoms. The number of rotatable bonds is 8. The molecule has 0 aromatic heterocycles. The maximum atomic E-state index is 11.4. The average Bonchev–Trinajstić information content (AvgIpc) is 2.32. The number of amides is 2. The first kappa shape index (κ1) is 19.2. The van der Waals surface area contributed by atoms with Crippen LogP contribution in [0.1, 0.15) is 40.0 Å². The maximum absolute atomic E-state index is 11.4. The first-order valence-electron chi connectivity index (χ1n) is 6.84. The van der Waals surface area contributed by atoms with Gasteiger partial charge in [0, 0.05) is 6.54 Å². The summed E-state index contributed by atoms with van der Waals surface area (Å²) < 4.78 is 5.06. The van der Waals surface area contributed by atoms with E-state index >= 15 is 0 Å². The van der Waals surface area contributed by atoms with Crippen molar-refractivity contribution in [2.24, 2.45) is 5.73 Å². The van der Waals surface area contributed by atoms with Gasteiger partial charge in [0.1, 0.15) is 12.1 Å². The van der Waals surface area contributed by atoms with E-state index in [1.54, 1.807) is 20.8 Å². The summed E-state index contributed by atoms with van der Waals surface area (Å²) >= 11 is 0. The molecule has 0 unspecified atom stereocenters. The van der Waals surface area contributed by atoms with Crippen molar-refractivity contribution < 1.29 is 24.2 Å². The van der Waals surface area contributed by atoms with Crippen molar-refractivity contribution in [2.75, 3.05) is 13.1 Å². The maximum Gasteiger partial charge on any atom is 0.407 e. The third kappa shape index (κ3) is 11.7. The first-order valence-corrected chi connectivity index (χ1v) is 6.84. The summed E-state index contributed by atoms with van der Waals surface area (Å²) in [5.74, 6) is -1.60. The number of unbranched alkanes of at least 4 members (excludes halogenated alkanes) is 1. The molecule has 0 fully saturated rings. The topological polar surface area (TPSA) is 131 Å². The molecule has 21 heavy (non-hydrogen) atoms. The minimum atomic E-state index is -1.11. The van der Waals surface area contributed by atoms with Gasteiger partial charge in [-0.25, -0.2) is 4.79 Å². The molecule has 8 nitrogen and oxygen atoms in total. The van der Waals surface area contributed by atoms with Crippen molar-refractivity contribution >= 4 is 18.0 Å². The van der Waals surface area contributed by atoms with E-state index in [9.17, 15) is 14.4 Å². The monoisotopic (exact) mass is 303 g/mol. The fraction of sp³-hybridized carbons (Fsp3) is 0.769. The zero-order chi connectivity index (χ0) is 16.5. The smallest absolute Gasteiger partial charge is 0.407 e. The third-order valence-corrected chi connectivity index (χ3v) is 2.36. The highest BCUT2D eigenvalue weighted by molar-refractivity contribution is 5.84. The summed E-state index contributed by atoms with van der Waals surface area (Å²) in [5, 5.41) is 13.2. The summed E-state index contributed by atoms with van der Waals surface area (Å²) in [6.45, 7) is 5.33. The summed E-state index contributed by atoms with van der Waals surface area (Å²) in [6, 6.07) is -0.745. The van der Waals surface area contributed by atoms with Gasteiger partial charge in [-0.15, -0.1) is 0 Å². The van der Waals surface area contributed by atoms with Gasteiger partial charge in [-0.3, -0.25) is 9.59 Å². The van der Waals surface area contributed by atoms with Crippen molar-refractivity contribution in [3.63, 3.8) is 0 Å². The van der Waals surface area contributed by atoms with Crippen LogP contribution >= 0.6 is 0 Å². The fourth-order valence-corrected chi connectivity index (χ4v) is 1.42. The van der Waals surface area contributed by atoms with Gasteiger partial charge >= 0.3 is 12.1 Å². The number of hydrogen-bond acceptors (Lipinski definition) is 5. The fourth-order valence-electron chi connectivity index (χ4n) is 1.42. The van der Waals surface area contributed by atoms with E-state index in [1.807, 2.05) is 0 Å². The molecule has 0 saturated heterocycles. The van der Waals surface area contributed by atoms with Gasteiger partial charge in [0.15, 0.2) is 0 Å². The minimum Gasteiger partial charge on any atom is -0.480 e. The Kier molecular flexibility index (Phi) is 8.37.